The van der Waals surface area contributed by atoms with Gasteiger partial charge >= 0.3 is 0 Å². The molecule has 6 heteroatoms. The van der Waals surface area contributed by atoms with Crippen molar-refractivity contribution in [2.75, 3.05) is 26.2 Å². The number of H-pyrrole nitrogens is 1. The molecule has 0 aliphatic carbocycles. The molecule has 2 aliphatic heterocycles. The molecule has 1 unspecified atom stereocenters. The van der Waals surface area contributed by atoms with Gasteiger partial charge in [-0.1, -0.05) is 0 Å². The van der Waals surface area contributed by atoms with Gasteiger partial charge in [0.25, 0.3) is 5.91 Å². The standard InChI is InChI=1S/C17H22N4OS/c1-11-15-13(16(23-11)14-4-7-19-20-14)5-8-21(17(15)22)10-12-3-2-6-18-9-12/h4,7,12,18H,2-3,5-6,8-10H2,1H3,(H,19,20). The molecule has 4 heterocycles. The third-order valence-electron chi connectivity index (χ3n) is 4.94. The van der Waals surface area contributed by atoms with Crippen LogP contribution in [0.4, 0.5) is 0 Å². The van der Waals surface area contributed by atoms with Gasteiger partial charge in [0.1, 0.15) is 0 Å². The van der Waals surface area contributed by atoms with Crippen LogP contribution in [0.3, 0.4) is 0 Å². The van der Waals surface area contributed by atoms with Crippen LogP contribution in [0.5, 0.6) is 0 Å². The minimum Gasteiger partial charge on any atom is -0.338 e. The molecule has 2 aromatic rings. The Morgan fingerprint density at radius 2 is 2.39 bits per heavy atom. The highest BCUT2D eigenvalue weighted by Crippen LogP contribution is 2.38. The van der Waals surface area contributed by atoms with Gasteiger partial charge in [-0.15, -0.1) is 11.3 Å². The van der Waals surface area contributed by atoms with Crippen LogP contribution in [0.2, 0.25) is 0 Å². The second kappa shape index (κ2) is 6.09. The van der Waals surface area contributed by atoms with Crippen molar-refractivity contribution in [1.82, 2.24) is 20.4 Å². The maximum Gasteiger partial charge on any atom is 0.255 e. The number of aromatic nitrogens is 2. The first kappa shape index (κ1) is 14.9. The molecule has 122 valence electrons. The molecule has 23 heavy (non-hydrogen) atoms. The molecule has 0 spiro atoms. The Labute approximate surface area is 140 Å². The SMILES string of the molecule is Cc1sc(-c2ccn[nH]2)c2c1C(=O)N(CC1CCCNC1)CC2. The summed E-state index contributed by atoms with van der Waals surface area (Å²) in [4.78, 5) is 17.4. The number of hydrogen-bond donors (Lipinski definition) is 2. The number of carbonyl (C=O) groups excluding carboxylic acids is 1. The van der Waals surface area contributed by atoms with Crippen molar-refractivity contribution < 1.29 is 4.79 Å². The zero-order chi connectivity index (χ0) is 15.8. The lowest BCUT2D eigenvalue weighted by molar-refractivity contribution is 0.0702. The fraction of sp³-hybridized carbons (Fsp3) is 0.529. The van der Waals surface area contributed by atoms with Gasteiger partial charge in [-0.05, 0) is 56.8 Å². The Kier molecular flexibility index (Phi) is 3.95. The number of fused-ring (bicyclic) bond motifs is 1. The molecule has 1 amide bonds. The van der Waals surface area contributed by atoms with E-state index in [0.29, 0.717) is 5.92 Å². The van der Waals surface area contributed by atoms with Crippen LogP contribution in [0.25, 0.3) is 10.6 Å². The first-order chi connectivity index (χ1) is 11.2. The number of nitrogens with zero attached hydrogens (tertiary/aromatic N) is 2. The Hall–Kier alpha value is -1.66. The number of piperidine rings is 1. The quantitative estimate of drug-likeness (QED) is 0.909. The third-order valence-corrected chi connectivity index (χ3v) is 6.12. The number of aryl methyl sites for hydroxylation is 1. The maximum absolute atomic E-state index is 13.0. The average molecular weight is 330 g/mol. The summed E-state index contributed by atoms with van der Waals surface area (Å²) in [6.45, 7) is 5.94. The lowest BCUT2D eigenvalue weighted by Gasteiger charge is -2.33. The topological polar surface area (TPSA) is 61.0 Å². The fourth-order valence-corrected chi connectivity index (χ4v) is 4.95. The number of aromatic amines is 1. The predicted octanol–water partition coefficient (Wildman–Crippen LogP) is 2.44. The van der Waals surface area contributed by atoms with Crippen molar-refractivity contribution in [2.45, 2.75) is 26.2 Å². The van der Waals surface area contributed by atoms with E-state index in [4.69, 9.17) is 0 Å². The maximum atomic E-state index is 13.0. The highest BCUT2D eigenvalue weighted by atomic mass is 32.1. The molecule has 0 radical (unpaired) electrons. The normalized spacial score (nSPS) is 21.5. The van der Waals surface area contributed by atoms with E-state index in [2.05, 4.69) is 27.3 Å². The summed E-state index contributed by atoms with van der Waals surface area (Å²) >= 11 is 1.71. The average Bonchev–Trinajstić information content (AvgIpc) is 3.19. The second-order valence-electron chi connectivity index (χ2n) is 6.52. The summed E-state index contributed by atoms with van der Waals surface area (Å²) < 4.78 is 0. The minimum absolute atomic E-state index is 0.219. The Bertz CT molecular complexity index is 701. The minimum atomic E-state index is 0.219. The number of hydrogen-bond acceptors (Lipinski definition) is 4. The van der Waals surface area contributed by atoms with E-state index in [0.717, 1.165) is 48.7 Å². The van der Waals surface area contributed by atoms with E-state index < -0.39 is 0 Å². The fourth-order valence-electron chi connectivity index (χ4n) is 3.78. The van der Waals surface area contributed by atoms with Crippen LogP contribution in [-0.2, 0) is 6.42 Å². The first-order valence-electron chi connectivity index (χ1n) is 8.36. The summed E-state index contributed by atoms with van der Waals surface area (Å²) in [7, 11) is 0. The first-order valence-corrected chi connectivity index (χ1v) is 9.17. The number of thiophene rings is 1. The van der Waals surface area contributed by atoms with Crippen LogP contribution in [0.1, 0.15) is 33.6 Å². The van der Waals surface area contributed by atoms with Crippen LogP contribution in [0.15, 0.2) is 12.3 Å². The van der Waals surface area contributed by atoms with E-state index in [-0.39, 0.29) is 5.91 Å². The van der Waals surface area contributed by atoms with Crippen LogP contribution >= 0.6 is 11.3 Å². The molecule has 0 aromatic carbocycles. The highest BCUT2D eigenvalue weighted by molar-refractivity contribution is 7.16. The van der Waals surface area contributed by atoms with E-state index in [1.165, 1.54) is 23.3 Å². The molecular weight excluding hydrogens is 308 g/mol. The van der Waals surface area contributed by atoms with Crippen molar-refractivity contribution >= 4 is 17.2 Å². The molecule has 1 fully saturated rings. The van der Waals surface area contributed by atoms with Gasteiger partial charge in [0.2, 0.25) is 0 Å². The Morgan fingerprint density at radius 3 is 3.13 bits per heavy atom. The second-order valence-corrected chi connectivity index (χ2v) is 7.75. The van der Waals surface area contributed by atoms with Gasteiger partial charge in [0, 0.05) is 24.2 Å². The largest absolute Gasteiger partial charge is 0.338 e. The summed E-state index contributed by atoms with van der Waals surface area (Å²) in [6.07, 6.45) is 5.16. The molecule has 0 bridgehead atoms. The van der Waals surface area contributed by atoms with Crippen molar-refractivity contribution in [3.8, 4) is 10.6 Å². The third kappa shape index (κ3) is 2.70. The zero-order valence-electron chi connectivity index (χ0n) is 13.4. The monoisotopic (exact) mass is 330 g/mol. The summed E-state index contributed by atoms with van der Waals surface area (Å²) in [5.74, 6) is 0.816. The van der Waals surface area contributed by atoms with E-state index in [9.17, 15) is 4.79 Å². The number of rotatable bonds is 3. The molecule has 1 atom stereocenters. The van der Waals surface area contributed by atoms with Crippen molar-refractivity contribution in [2.24, 2.45) is 5.92 Å². The van der Waals surface area contributed by atoms with E-state index in [1.54, 1.807) is 17.5 Å². The van der Waals surface area contributed by atoms with Gasteiger partial charge < -0.3 is 10.2 Å². The lowest BCUT2D eigenvalue weighted by atomic mass is 9.95. The Morgan fingerprint density at radius 1 is 1.48 bits per heavy atom. The summed E-state index contributed by atoms with van der Waals surface area (Å²) in [6, 6.07) is 1.98. The predicted molar refractivity (Wildman–Crippen MR) is 91.8 cm³/mol. The summed E-state index contributed by atoms with van der Waals surface area (Å²) in [5, 5.41) is 10.5. The number of amides is 1. The van der Waals surface area contributed by atoms with Crippen molar-refractivity contribution in [3.63, 3.8) is 0 Å². The van der Waals surface area contributed by atoms with E-state index >= 15 is 0 Å². The van der Waals surface area contributed by atoms with Crippen LogP contribution < -0.4 is 5.32 Å². The van der Waals surface area contributed by atoms with Gasteiger partial charge in [-0.3, -0.25) is 9.89 Å². The number of carbonyl (C=O) groups is 1. The van der Waals surface area contributed by atoms with Gasteiger partial charge in [-0.2, -0.15) is 5.10 Å². The zero-order valence-corrected chi connectivity index (χ0v) is 14.2. The lowest BCUT2D eigenvalue weighted by Crippen LogP contribution is -2.44. The van der Waals surface area contributed by atoms with Crippen molar-refractivity contribution in [1.29, 1.82) is 0 Å². The molecule has 4 rings (SSSR count). The Balaban J connectivity index is 1.59. The molecular formula is C17H22N4OS. The summed E-state index contributed by atoms with van der Waals surface area (Å²) in [5.41, 5.74) is 3.17. The molecule has 2 N–H and O–H groups in total. The smallest absolute Gasteiger partial charge is 0.255 e. The molecule has 1 saturated heterocycles. The van der Waals surface area contributed by atoms with Crippen LogP contribution in [0, 0.1) is 12.8 Å². The van der Waals surface area contributed by atoms with Gasteiger partial charge in [0.15, 0.2) is 0 Å². The highest BCUT2D eigenvalue weighted by Gasteiger charge is 2.32. The molecule has 2 aliphatic rings. The van der Waals surface area contributed by atoms with Gasteiger partial charge in [0.05, 0.1) is 16.1 Å². The van der Waals surface area contributed by atoms with Crippen LogP contribution in [-0.4, -0.2) is 47.2 Å². The number of nitrogens with one attached hydrogen (secondary N) is 2. The molecule has 2 aromatic heterocycles. The molecule has 0 saturated carbocycles. The van der Waals surface area contributed by atoms with Gasteiger partial charge in [-0.25, -0.2) is 0 Å². The van der Waals surface area contributed by atoms with Crippen molar-refractivity contribution in [3.05, 3.63) is 28.3 Å². The van der Waals surface area contributed by atoms with E-state index in [1.807, 2.05) is 6.07 Å². The molecule has 5 nitrogen and oxygen atoms in total.